The molecule has 0 saturated heterocycles. The first-order valence-corrected chi connectivity index (χ1v) is 11.6. The number of Topliss-reactive ketones (excluding diaryl/α,β-unsaturated/α-hetero) is 2. The third kappa shape index (κ3) is 8.04. The highest BCUT2D eigenvalue weighted by Crippen LogP contribution is 2.27. The molecule has 0 aliphatic carbocycles. The van der Waals surface area contributed by atoms with Crippen LogP contribution in [0.2, 0.25) is 0 Å². The van der Waals surface area contributed by atoms with Gasteiger partial charge in [-0.05, 0) is 28.0 Å². The Morgan fingerprint density at radius 1 is 0.500 bits per heavy atom. The summed E-state index contributed by atoms with van der Waals surface area (Å²) < 4.78 is 0. The summed E-state index contributed by atoms with van der Waals surface area (Å²) in [7, 11) is 0. The number of carbonyl (C=O) groups excluding carboxylic acids is 2. The van der Waals surface area contributed by atoms with Crippen molar-refractivity contribution in [1.82, 2.24) is 0 Å². The number of ketones is 2. The summed E-state index contributed by atoms with van der Waals surface area (Å²) >= 11 is 0. The Hall–Kier alpha value is -2.22. The van der Waals surface area contributed by atoms with E-state index in [1.54, 1.807) is 0 Å². The fourth-order valence-corrected chi connectivity index (χ4v) is 3.11. The van der Waals surface area contributed by atoms with E-state index in [9.17, 15) is 9.59 Å². The molecule has 2 aromatic carbocycles. The summed E-state index contributed by atoms with van der Waals surface area (Å²) in [4.78, 5) is 24.2. The van der Waals surface area contributed by atoms with Crippen LogP contribution in [0.15, 0.2) is 48.5 Å². The Kier molecular flexibility index (Phi) is 8.46. The average molecular weight is 437 g/mol. The lowest BCUT2D eigenvalue weighted by Crippen LogP contribution is -2.21. The zero-order valence-corrected chi connectivity index (χ0v) is 22.4. The van der Waals surface area contributed by atoms with Gasteiger partial charge < -0.3 is 0 Å². The Morgan fingerprint density at radius 3 is 1.28 bits per heavy atom. The van der Waals surface area contributed by atoms with E-state index < -0.39 is 0 Å². The fourth-order valence-electron chi connectivity index (χ4n) is 3.11. The van der Waals surface area contributed by atoms with Crippen LogP contribution in [0.4, 0.5) is 0 Å². The predicted molar refractivity (Wildman–Crippen MR) is 138 cm³/mol. The predicted octanol–water partition coefficient (Wildman–Crippen LogP) is 8.43. The van der Waals surface area contributed by atoms with Crippen molar-refractivity contribution in [3.05, 3.63) is 70.8 Å². The Morgan fingerprint density at radius 2 is 0.906 bits per heavy atom. The number of hydrogen-bond donors (Lipinski definition) is 0. The normalized spacial score (nSPS) is 12.6. The molecule has 0 radical (unpaired) electrons. The summed E-state index contributed by atoms with van der Waals surface area (Å²) in [5.74, 6) is 0.409. The molecule has 2 rings (SSSR count). The van der Waals surface area contributed by atoms with Gasteiger partial charge >= 0.3 is 0 Å². The van der Waals surface area contributed by atoms with Crippen LogP contribution in [-0.2, 0) is 10.8 Å². The van der Waals surface area contributed by atoms with Crippen LogP contribution in [0.1, 0.15) is 115 Å². The zero-order chi connectivity index (χ0) is 25.1. The Labute approximate surface area is 196 Å². The quantitative estimate of drug-likeness (QED) is 0.443. The van der Waals surface area contributed by atoms with E-state index in [4.69, 9.17) is 0 Å². The van der Waals surface area contributed by atoms with Crippen molar-refractivity contribution < 1.29 is 9.59 Å². The first kappa shape index (κ1) is 27.8. The van der Waals surface area contributed by atoms with Gasteiger partial charge in [0, 0.05) is 22.0 Å². The summed E-state index contributed by atoms with van der Waals surface area (Å²) in [5.41, 5.74) is 3.72. The number of rotatable bonds is 2. The maximum atomic E-state index is 12.1. The van der Waals surface area contributed by atoms with Gasteiger partial charge in [0.05, 0.1) is 0 Å². The summed E-state index contributed by atoms with van der Waals surface area (Å²) in [6.45, 7) is 24.7. The van der Waals surface area contributed by atoms with Crippen molar-refractivity contribution >= 4 is 11.6 Å². The zero-order valence-electron chi connectivity index (χ0n) is 22.4. The Balaban J connectivity index is 0.000000320. The van der Waals surface area contributed by atoms with E-state index in [0.29, 0.717) is 0 Å². The molecule has 2 heteroatoms. The molecule has 0 amide bonds. The van der Waals surface area contributed by atoms with Gasteiger partial charge in [-0.25, -0.2) is 0 Å². The first-order valence-electron chi connectivity index (χ1n) is 11.6. The molecule has 0 heterocycles. The SMILES string of the molecule is CC(C)(C)C(=O)c1ccc(C(C)(C)C)cc1.CC(C)(C)C(=O)c1cccc(C(C)(C)C)c1. The molecule has 0 aromatic heterocycles. The summed E-state index contributed by atoms with van der Waals surface area (Å²) in [5, 5.41) is 0. The monoisotopic (exact) mass is 436 g/mol. The second-order valence-corrected chi connectivity index (χ2v) is 12.8. The van der Waals surface area contributed by atoms with Crippen molar-refractivity contribution in [1.29, 1.82) is 0 Å². The molecule has 32 heavy (non-hydrogen) atoms. The minimum absolute atomic E-state index is 0.0914. The van der Waals surface area contributed by atoms with Crippen LogP contribution in [-0.4, -0.2) is 11.6 Å². The standard InChI is InChI=1S/2C15H22O/c1-14(2,3)12-9-7-11(8-10-12)13(16)15(4,5)6;1-14(2,3)12-9-7-8-11(10-12)13(16)15(4,5)6/h2*7-10H,1-6H3. The van der Waals surface area contributed by atoms with E-state index >= 15 is 0 Å². The van der Waals surface area contributed by atoms with Crippen molar-refractivity contribution in [2.45, 2.75) is 93.9 Å². The molecular formula is C30H44O2. The van der Waals surface area contributed by atoms with E-state index in [1.165, 1.54) is 11.1 Å². The van der Waals surface area contributed by atoms with Crippen molar-refractivity contribution in [3.63, 3.8) is 0 Å². The number of hydrogen-bond acceptors (Lipinski definition) is 2. The maximum Gasteiger partial charge on any atom is 0.168 e. The van der Waals surface area contributed by atoms with Gasteiger partial charge in [-0.1, -0.05) is 126 Å². The molecular weight excluding hydrogens is 392 g/mol. The molecule has 2 aromatic rings. The molecule has 2 nitrogen and oxygen atoms in total. The summed E-state index contributed by atoms with van der Waals surface area (Å²) in [6.07, 6.45) is 0. The number of benzene rings is 2. The molecule has 0 N–H and O–H groups in total. The Bertz CT molecular complexity index is 919. The van der Waals surface area contributed by atoms with Crippen LogP contribution in [0.5, 0.6) is 0 Å². The third-order valence-corrected chi connectivity index (χ3v) is 5.37. The lowest BCUT2D eigenvalue weighted by molar-refractivity contribution is 0.0852. The second kappa shape index (κ2) is 9.73. The van der Waals surface area contributed by atoms with Crippen molar-refractivity contribution in [2.24, 2.45) is 10.8 Å². The summed E-state index contributed by atoms with van der Waals surface area (Å²) in [6, 6.07) is 16.0. The van der Waals surface area contributed by atoms with E-state index in [-0.39, 0.29) is 33.2 Å². The molecule has 0 unspecified atom stereocenters. The van der Waals surface area contributed by atoms with Crippen molar-refractivity contribution in [2.75, 3.05) is 0 Å². The highest BCUT2D eigenvalue weighted by molar-refractivity contribution is 6.00. The average Bonchev–Trinajstić information content (AvgIpc) is 2.64. The van der Waals surface area contributed by atoms with Crippen molar-refractivity contribution in [3.8, 4) is 0 Å². The first-order chi connectivity index (χ1) is 14.2. The third-order valence-electron chi connectivity index (χ3n) is 5.37. The van der Waals surface area contributed by atoms with E-state index in [0.717, 1.165) is 11.1 Å². The van der Waals surface area contributed by atoms with Gasteiger partial charge in [-0.2, -0.15) is 0 Å². The highest BCUT2D eigenvalue weighted by Gasteiger charge is 2.25. The molecule has 0 fully saturated rings. The van der Waals surface area contributed by atoms with Gasteiger partial charge in [0.15, 0.2) is 11.6 Å². The van der Waals surface area contributed by atoms with Gasteiger partial charge in [-0.3, -0.25) is 9.59 Å². The van der Waals surface area contributed by atoms with Crippen LogP contribution in [0, 0.1) is 10.8 Å². The molecule has 0 spiro atoms. The molecule has 176 valence electrons. The topological polar surface area (TPSA) is 34.1 Å². The smallest absolute Gasteiger partial charge is 0.168 e. The van der Waals surface area contributed by atoms with E-state index in [1.807, 2.05) is 71.9 Å². The minimum atomic E-state index is -0.309. The molecule has 0 aliphatic heterocycles. The minimum Gasteiger partial charge on any atom is -0.294 e. The molecule has 0 saturated carbocycles. The maximum absolute atomic E-state index is 12.1. The van der Waals surface area contributed by atoms with Crippen LogP contribution < -0.4 is 0 Å². The van der Waals surface area contributed by atoms with Gasteiger partial charge in [-0.15, -0.1) is 0 Å². The highest BCUT2D eigenvalue weighted by atomic mass is 16.1. The molecule has 0 bridgehead atoms. The van der Waals surface area contributed by atoms with Crippen LogP contribution >= 0.6 is 0 Å². The lowest BCUT2D eigenvalue weighted by Gasteiger charge is -2.21. The van der Waals surface area contributed by atoms with Gasteiger partial charge in [0.1, 0.15) is 0 Å². The van der Waals surface area contributed by atoms with Crippen LogP contribution in [0.25, 0.3) is 0 Å². The lowest BCUT2D eigenvalue weighted by atomic mass is 9.82. The second-order valence-electron chi connectivity index (χ2n) is 12.8. The fraction of sp³-hybridized carbons (Fsp3) is 0.533. The van der Waals surface area contributed by atoms with Gasteiger partial charge in [0.2, 0.25) is 0 Å². The van der Waals surface area contributed by atoms with E-state index in [2.05, 4.69) is 59.7 Å². The largest absolute Gasteiger partial charge is 0.294 e. The van der Waals surface area contributed by atoms with Crippen LogP contribution in [0.3, 0.4) is 0 Å². The number of carbonyl (C=O) groups is 2. The molecule has 0 atom stereocenters. The molecule has 0 aliphatic rings. The van der Waals surface area contributed by atoms with Gasteiger partial charge in [0.25, 0.3) is 0 Å².